The first-order chi connectivity index (χ1) is 13.0. The standard InChI is InChI=1S/C20H50N2O2Si4/c1-25(2)23-27(5,6)19-13-17-21-15-11-9-10-12-16-22-18-14-20-28(7,8)24-26(3)4/h21-22H,9-20H2,1-8H3. The Kier molecular flexibility index (Phi) is 16.8. The van der Waals surface area contributed by atoms with Gasteiger partial charge in [-0.3, -0.25) is 0 Å². The SMILES string of the molecule is C[Si](C)O[Si](C)(C)CCCNCCCCCCNCCC[Si](C)(C)O[Si](C)C. The molecule has 4 nitrogen and oxygen atoms in total. The predicted octanol–water partition coefficient (Wildman–Crippen LogP) is 5.45. The molecule has 0 aromatic carbocycles. The van der Waals surface area contributed by atoms with Crippen LogP contribution in [0.15, 0.2) is 0 Å². The summed E-state index contributed by atoms with van der Waals surface area (Å²) in [6, 6.07) is 2.57. The molecular formula is C20H50N2O2Si4. The van der Waals surface area contributed by atoms with E-state index in [4.69, 9.17) is 8.23 Å². The second kappa shape index (κ2) is 16.4. The molecule has 0 aromatic heterocycles. The highest BCUT2D eigenvalue weighted by Crippen LogP contribution is 2.15. The van der Waals surface area contributed by atoms with Gasteiger partial charge >= 0.3 is 0 Å². The highest BCUT2D eigenvalue weighted by molar-refractivity contribution is 6.78. The molecular weight excluding hydrogens is 413 g/mol. The second-order valence-electron chi connectivity index (χ2n) is 9.66. The summed E-state index contributed by atoms with van der Waals surface area (Å²) >= 11 is 0. The maximum atomic E-state index is 6.18. The van der Waals surface area contributed by atoms with Crippen molar-refractivity contribution in [2.75, 3.05) is 26.2 Å². The first-order valence-corrected chi connectivity index (χ1v) is 22.5. The summed E-state index contributed by atoms with van der Waals surface area (Å²) in [7, 11) is -3.85. The number of unbranched alkanes of at least 4 members (excludes halogenated alkanes) is 3. The normalized spacial score (nSPS) is 13.1. The van der Waals surface area contributed by atoms with Gasteiger partial charge in [0.2, 0.25) is 0 Å². The molecule has 0 rings (SSSR count). The van der Waals surface area contributed by atoms with E-state index in [2.05, 4.69) is 63.0 Å². The average Bonchev–Trinajstić information content (AvgIpc) is 2.52. The fourth-order valence-corrected chi connectivity index (χ4v) is 15.3. The molecule has 0 unspecified atom stereocenters. The Labute approximate surface area is 182 Å². The van der Waals surface area contributed by atoms with Crippen molar-refractivity contribution in [3.8, 4) is 0 Å². The van der Waals surface area contributed by atoms with Gasteiger partial charge in [-0.05, 0) is 116 Å². The van der Waals surface area contributed by atoms with E-state index in [1.165, 1.54) is 63.7 Å². The Morgan fingerprint density at radius 1 is 0.536 bits per heavy atom. The van der Waals surface area contributed by atoms with Gasteiger partial charge in [-0.1, -0.05) is 12.8 Å². The lowest BCUT2D eigenvalue weighted by atomic mass is 10.2. The molecule has 0 aliphatic rings. The molecule has 0 atom stereocenters. The van der Waals surface area contributed by atoms with Gasteiger partial charge in [0.05, 0.1) is 0 Å². The van der Waals surface area contributed by atoms with Crippen molar-refractivity contribution in [1.29, 1.82) is 0 Å². The zero-order valence-electron chi connectivity index (χ0n) is 20.3. The van der Waals surface area contributed by atoms with Crippen LogP contribution in [-0.4, -0.2) is 60.9 Å². The van der Waals surface area contributed by atoms with Crippen molar-refractivity contribution < 1.29 is 8.23 Å². The third-order valence-electron chi connectivity index (χ3n) is 4.68. The number of hydrogen-bond donors (Lipinski definition) is 2. The molecule has 0 aliphatic heterocycles. The van der Waals surface area contributed by atoms with E-state index in [-0.39, 0.29) is 0 Å². The number of hydrogen-bond acceptors (Lipinski definition) is 4. The van der Waals surface area contributed by atoms with E-state index in [1.807, 2.05) is 0 Å². The van der Waals surface area contributed by atoms with Crippen LogP contribution in [0.1, 0.15) is 38.5 Å². The van der Waals surface area contributed by atoms with Crippen molar-refractivity contribution in [2.24, 2.45) is 0 Å². The molecule has 28 heavy (non-hydrogen) atoms. The van der Waals surface area contributed by atoms with Crippen molar-refractivity contribution in [1.82, 2.24) is 10.6 Å². The third-order valence-corrected chi connectivity index (χ3v) is 15.5. The molecule has 8 heteroatoms. The smallest absolute Gasteiger partial charge is 0.191 e. The van der Waals surface area contributed by atoms with E-state index in [0.717, 1.165) is 13.1 Å². The maximum Gasteiger partial charge on any atom is 0.191 e. The van der Waals surface area contributed by atoms with E-state index < -0.39 is 34.7 Å². The molecule has 0 saturated carbocycles. The van der Waals surface area contributed by atoms with Crippen LogP contribution in [0, 0.1) is 0 Å². The van der Waals surface area contributed by atoms with Gasteiger partial charge in [0.25, 0.3) is 0 Å². The molecule has 0 saturated heterocycles. The highest BCUT2D eigenvalue weighted by atomic mass is 28.4. The van der Waals surface area contributed by atoms with Gasteiger partial charge in [0.1, 0.15) is 0 Å². The summed E-state index contributed by atoms with van der Waals surface area (Å²) in [4.78, 5) is 0. The van der Waals surface area contributed by atoms with Gasteiger partial charge in [-0.15, -0.1) is 0 Å². The molecule has 0 aliphatic carbocycles. The molecule has 2 N–H and O–H groups in total. The molecule has 0 spiro atoms. The third kappa shape index (κ3) is 20.0. The van der Waals surface area contributed by atoms with Gasteiger partial charge in [-0.2, -0.15) is 0 Å². The van der Waals surface area contributed by atoms with Crippen LogP contribution < -0.4 is 10.6 Å². The molecule has 0 aromatic rings. The van der Waals surface area contributed by atoms with E-state index in [1.54, 1.807) is 0 Å². The van der Waals surface area contributed by atoms with Crippen LogP contribution in [0.25, 0.3) is 0 Å². The molecule has 0 fully saturated rings. The molecule has 0 heterocycles. The predicted molar refractivity (Wildman–Crippen MR) is 135 cm³/mol. The summed E-state index contributed by atoms with van der Waals surface area (Å²) < 4.78 is 12.4. The Morgan fingerprint density at radius 2 is 0.857 bits per heavy atom. The highest BCUT2D eigenvalue weighted by Gasteiger charge is 2.23. The summed E-state index contributed by atoms with van der Waals surface area (Å²) in [5.74, 6) is 0. The van der Waals surface area contributed by atoms with Gasteiger partial charge < -0.3 is 18.9 Å². The second-order valence-corrected chi connectivity index (χ2v) is 23.0. The van der Waals surface area contributed by atoms with Crippen LogP contribution in [0.5, 0.6) is 0 Å². The Morgan fingerprint density at radius 3 is 1.18 bits per heavy atom. The maximum absolute atomic E-state index is 6.18. The van der Waals surface area contributed by atoms with Crippen LogP contribution in [0.4, 0.5) is 0 Å². The van der Waals surface area contributed by atoms with Crippen LogP contribution in [-0.2, 0) is 8.23 Å². The molecule has 168 valence electrons. The molecule has 0 bridgehead atoms. The summed E-state index contributed by atoms with van der Waals surface area (Å²) in [5.41, 5.74) is 0. The lowest BCUT2D eigenvalue weighted by Crippen LogP contribution is -2.35. The fraction of sp³-hybridized carbons (Fsp3) is 1.00. The summed E-state index contributed by atoms with van der Waals surface area (Å²) in [6.45, 7) is 23.1. The van der Waals surface area contributed by atoms with Crippen LogP contribution in [0.3, 0.4) is 0 Å². The fourth-order valence-electron chi connectivity index (χ4n) is 3.59. The lowest BCUT2D eigenvalue weighted by Gasteiger charge is -2.25. The zero-order valence-corrected chi connectivity index (χ0v) is 24.3. The summed E-state index contributed by atoms with van der Waals surface area (Å²) in [5, 5.41) is 7.22. The first-order valence-electron chi connectivity index (χ1n) is 11.4. The van der Waals surface area contributed by atoms with Crippen molar-refractivity contribution in [2.45, 2.75) is 103 Å². The number of nitrogens with one attached hydrogen (secondary N) is 2. The first kappa shape index (κ1) is 28.7. The lowest BCUT2D eigenvalue weighted by molar-refractivity contribution is 0.541. The Bertz CT molecular complexity index is 336. The van der Waals surface area contributed by atoms with Crippen molar-refractivity contribution >= 4 is 34.7 Å². The largest absolute Gasteiger partial charge is 0.456 e. The Balaban J connectivity index is 3.34. The minimum atomic E-state index is -1.39. The zero-order chi connectivity index (χ0) is 21.5. The van der Waals surface area contributed by atoms with Crippen molar-refractivity contribution in [3.63, 3.8) is 0 Å². The minimum Gasteiger partial charge on any atom is -0.456 e. The van der Waals surface area contributed by atoms with E-state index >= 15 is 0 Å². The van der Waals surface area contributed by atoms with E-state index in [9.17, 15) is 0 Å². The Hall–Kier alpha value is 0.708. The van der Waals surface area contributed by atoms with Crippen molar-refractivity contribution in [3.05, 3.63) is 0 Å². The minimum absolute atomic E-state index is 0.536. The van der Waals surface area contributed by atoms with Gasteiger partial charge in [0.15, 0.2) is 34.7 Å². The average molecular weight is 463 g/mol. The van der Waals surface area contributed by atoms with Crippen LogP contribution >= 0.6 is 0 Å². The van der Waals surface area contributed by atoms with E-state index in [0.29, 0.717) is 0 Å². The summed E-state index contributed by atoms with van der Waals surface area (Å²) in [6.07, 6.45) is 7.85. The van der Waals surface area contributed by atoms with Crippen LogP contribution in [0.2, 0.25) is 64.5 Å². The van der Waals surface area contributed by atoms with Gasteiger partial charge in [0, 0.05) is 0 Å². The topological polar surface area (TPSA) is 42.5 Å². The molecule has 2 radical (unpaired) electrons. The quantitative estimate of drug-likeness (QED) is 0.198. The molecule has 0 amide bonds. The monoisotopic (exact) mass is 462 g/mol. The number of rotatable bonds is 19. The van der Waals surface area contributed by atoms with Gasteiger partial charge in [-0.25, -0.2) is 0 Å².